The number of alkyl halides is 5. The van der Waals surface area contributed by atoms with Crippen molar-refractivity contribution in [3.63, 3.8) is 0 Å². The highest BCUT2D eigenvalue weighted by Crippen LogP contribution is 2.44. The number of rotatable bonds is 1. The average molecular weight is 209 g/mol. The quantitative estimate of drug-likeness (QED) is 0.621. The Hall–Kier alpha value is -1.13. The number of hydrogen-bond donors (Lipinski definition) is 0. The van der Waals surface area contributed by atoms with Gasteiger partial charge in [0.15, 0.2) is 0 Å². The summed E-state index contributed by atoms with van der Waals surface area (Å²) in [5, 5.41) is 0. The average Bonchev–Trinajstić information content (AvgIpc) is 2.02. The van der Waals surface area contributed by atoms with Crippen LogP contribution in [0.5, 0.6) is 0 Å². The van der Waals surface area contributed by atoms with E-state index in [4.69, 9.17) is 0 Å². The van der Waals surface area contributed by atoms with Gasteiger partial charge in [0.2, 0.25) is 0 Å². The van der Waals surface area contributed by atoms with Crippen LogP contribution < -0.4 is 0 Å². The van der Waals surface area contributed by atoms with E-state index in [0.29, 0.717) is 0 Å². The molecule has 1 aromatic rings. The van der Waals surface area contributed by atoms with E-state index in [-0.39, 0.29) is 5.56 Å². The topological polar surface area (TPSA) is 0 Å². The molecule has 0 bridgehead atoms. The number of halogens is 5. The van der Waals surface area contributed by atoms with Crippen molar-refractivity contribution in [1.82, 2.24) is 0 Å². The predicted molar refractivity (Wildman–Crippen MR) is 40.0 cm³/mol. The van der Waals surface area contributed by atoms with Gasteiger partial charge in [0.25, 0.3) is 0 Å². The molecule has 1 rings (SSSR count). The van der Waals surface area contributed by atoms with E-state index in [1.54, 1.807) is 0 Å². The second-order valence-electron chi connectivity index (χ2n) is 2.81. The maximum Gasteiger partial charge on any atom is 0.458 e. The Bertz CT molecular complexity index is 326. The van der Waals surface area contributed by atoms with Gasteiger partial charge in [-0.25, -0.2) is 0 Å². The van der Waals surface area contributed by atoms with Gasteiger partial charge in [-0.2, -0.15) is 22.0 Å². The van der Waals surface area contributed by atoms with Crippen LogP contribution in [0.2, 0.25) is 0 Å². The molecule has 0 atom stereocenters. The van der Waals surface area contributed by atoms with Crippen molar-refractivity contribution in [2.24, 2.45) is 0 Å². The first kappa shape index (κ1) is 10.9. The molecule has 0 aromatic heterocycles. The van der Waals surface area contributed by atoms with Crippen molar-refractivity contribution in [3.8, 4) is 0 Å². The lowest BCUT2D eigenvalue weighted by molar-refractivity contribution is -0.289. The maximum atomic E-state index is 12.8. The molecule has 14 heavy (non-hydrogen) atoms. The molecule has 0 fully saturated rings. The fraction of sp³-hybridized carbons (Fsp3) is 0.333. The largest absolute Gasteiger partial charge is 0.458 e. The van der Waals surface area contributed by atoms with Crippen LogP contribution in [-0.2, 0) is 5.92 Å². The van der Waals surface area contributed by atoms with Crippen LogP contribution in [0.15, 0.2) is 18.2 Å². The third-order valence-corrected chi connectivity index (χ3v) is 1.77. The molecule has 0 saturated heterocycles. The smallest absolute Gasteiger partial charge is 0.191 e. The molecule has 0 nitrogen and oxygen atoms in total. The van der Waals surface area contributed by atoms with Gasteiger partial charge in [-0.15, -0.1) is 0 Å². The third-order valence-electron chi connectivity index (χ3n) is 1.77. The SMILES string of the molecule is Cc1c[c]ccc1C(F)(F)C(F)(F)F. The second-order valence-corrected chi connectivity index (χ2v) is 2.81. The van der Waals surface area contributed by atoms with E-state index < -0.39 is 17.7 Å². The highest BCUT2D eigenvalue weighted by Gasteiger charge is 2.59. The summed E-state index contributed by atoms with van der Waals surface area (Å²) < 4.78 is 61.4. The Morgan fingerprint density at radius 2 is 1.71 bits per heavy atom. The van der Waals surface area contributed by atoms with Crippen molar-refractivity contribution in [2.75, 3.05) is 0 Å². The number of benzene rings is 1. The van der Waals surface area contributed by atoms with E-state index in [2.05, 4.69) is 6.07 Å². The predicted octanol–water partition coefficient (Wildman–Crippen LogP) is 3.45. The van der Waals surface area contributed by atoms with Crippen molar-refractivity contribution < 1.29 is 22.0 Å². The zero-order valence-corrected chi connectivity index (χ0v) is 7.12. The van der Waals surface area contributed by atoms with Gasteiger partial charge < -0.3 is 0 Å². The van der Waals surface area contributed by atoms with Crippen molar-refractivity contribution in [3.05, 3.63) is 35.4 Å². The van der Waals surface area contributed by atoms with E-state index in [1.807, 2.05) is 0 Å². The van der Waals surface area contributed by atoms with E-state index >= 15 is 0 Å². The van der Waals surface area contributed by atoms with Crippen molar-refractivity contribution in [1.29, 1.82) is 0 Å². The van der Waals surface area contributed by atoms with Gasteiger partial charge in [-0.05, 0) is 18.6 Å². The molecule has 5 heteroatoms. The lowest BCUT2D eigenvalue weighted by Crippen LogP contribution is -2.34. The van der Waals surface area contributed by atoms with Gasteiger partial charge >= 0.3 is 12.1 Å². The van der Waals surface area contributed by atoms with Crippen molar-refractivity contribution >= 4 is 0 Å². The van der Waals surface area contributed by atoms with E-state index in [0.717, 1.165) is 18.2 Å². The number of aryl methyl sites for hydroxylation is 1. The summed E-state index contributed by atoms with van der Waals surface area (Å²) in [4.78, 5) is 0. The summed E-state index contributed by atoms with van der Waals surface area (Å²) in [5.41, 5.74) is -1.15. The molecule has 0 saturated carbocycles. The van der Waals surface area contributed by atoms with E-state index in [9.17, 15) is 22.0 Å². The molecule has 0 heterocycles. The molecule has 0 N–H and O–H groups in total. The van der Waals surface area contributed by atoms with Gasteiger partial charge in [0.05, 0.1) is 0 Å². The first-order valence-electron chi connectivity index (χ1n) is 3.68. The summed E-state index contributed by atoms with van der Waals surface area (Å²) >= 11 is 0. The van der Waals surface area contributed by atoms with Crippen LogP contribution in [0, 0.1) is 13.0 Å². The third kappa shape index (κ3) is 1.71. The molecule has 0 aliphatic carbocycles. The Morgan fingerprint density at radius 1 is 1.14 bits per heavy atom. The standard InChI is InChI=1S/C9H6F5/c1-6-4-2-3-5-7(6)8(10,11)9(12,13)14/h3-5H,1H3. The fourth-order valence-electron chi connectivity index (χ4n) is 1.02. The minimum Gasteiger partial charge on any atom is -0.191 e. The Labute approximate surface area is 77.4 Å². The monoisotopic (exact) mass is 209 g/mol. The zero-order chi connectivity index (χ0) is 11.0. The van der Waals surface area contributed by atoms with Gasteiger partial charge in [0, 0.05) is 5.56 Å². The van der Waals surface area contributed by atoms with Crippen LogP contribution in [0.4, 0.5) is 22.0 Å². The molecule has 0 aliphatic heterocycles. The Balaban J connectivity index is 3.23. The highest BCUT2D eigenvalue weighted by atomic mass is 19.4. The Morgan fingerprint density at radius 3 is 2.14 bits per heavy atom. The fourth-order valence-corrected chi connectivity index (χ4v) is 1.02. The lowest BCUT2D eigenvalue weighted by Gasteiger charge is -2.21. The summed E-state index contributed by atoms with van der Waals surface area (Å²) in [6.45, 7) is 1.19. The van der Waals surface area contributed by atoms with Crippen LogP contribution >= 0.6 is 0 Å². The molecule has 0 aliphatic rings. The number of hydrogen-bond acceptors (Lipinski definition) is 0. The minimum atomic E-state index is -5.56. The van der Waals surface area contributed by atoms with Crippen LogP contribution in [0.25, 0.3) is 0 Å². The van der Waals surface area contributed by atoms with Crippen molar-refractivity contribution in [2.45, 2.75) is 19.0 Å². The molecular weight excluding hydrogens is 203 g/mol. The van der Waals surface area contributed by atoms with E-state index in [1.165, 1.54) is 6.92 Å². The molecule has 0 spiro atoms. The molecule has 77 valence electrons. The molecule has 0 amide bonds. The molecule has 0 unspecified atom stereocenters. The summed E-state index contributed by atoms with van der Waals surface area (Å²) in [6, 6.07) is 5.27. The second kappa shape index (κ2) is 3.22. The highest BCUT2D eigenvalue weighted by molar-refractivity contribution is 5.30. The molecule has 1 aromatic carbocycles. The zero-order valence-electron chi connectivity index (χ0n) is 7.12. The summed E-state index contributed by atoms with van der Waals surface area (Å²) in [7, 11) is 0. The first-order valence-corrected chi connectivity index (χ1v) is 3.68. The minimum absolute atomic E-state index is 0.130. The molecular formula is C9H6F5. The van der Waals surface area contributed by atoms with Gasteiger partial charge in [-0.3, -0.25) is 0 Å². The maximum absolute atomic E-state index is 12.8. The van der Waals surface area contributed by atoms with Gasteiger partial charge in [0.1, 0.15) is 0 Å². The summed E-state index contributed by atoms with van der Waals surface area (Å²) in [5.74, 6) is -4.80. The first-order chi connectivity index (χ1) is 6.27. The summed E-state index contributed by atoms with van der Waals surface area (Å²) in [6.07, 6.45) is -5.56. The van der Waals surface area contributed by atoms with Crippen LogP contribution in [-0.4, -0.2) is 6.18 Å². The Kier molecular flexibility index (Phi) is 2.52. The lowest BCUT2D eigenvalue weighted by atomic mass is 10.0. The van der Waals surface area contributed by atoms with Crippen LogP contribution in [0.3, 0.4) is 0 Å². The molecule has 1 radical (unpaired) electrons. The normalized spacial score (nSPS) is 13.0. The van der Waals surface area contributed by atoms with Gasteiger partial charge in [-0.1, -0.05) is 18.2 Å². The van der Waals surface area contributed by atoms with Crippen LogP contribution in [0.1, 0.15) is 11.1 Å².